The Morgan fingerprint density at radius 3 is 2.70 bits per heavy atom. The maximum absolute atomic E-state index is 12.0. The summed E-state index contributed by atoms with van der Waals surface area (Å²) in [6.45, 7) is 2.06. The van der Waals surface area contributed by atoms with Gasteiger partial charge in [-0.1, -0.05) is 23.5 Å². The summed E-state index contributed by atoms with van der Waals surface area (Å²) in [5.41, 5.74) is 1.73. The topological polar surface area (TPSA) is 101 Å². The van der Waals surface area contributed by atoms with Crippen LogP contribution in [-0.2, 0) is 17.6 Å². The Labute approximate surface area is 137 Å². The number of aromatic nitrogens is 2. The molecule has 1 aromatic heterocycles. The van der Waals surface area contributed by atoms with Gasteiger partial charge in [-0.15, -0.1) is 5.10 Å². The smallest absolute Gasteiger partial charge is 0.341 e. The molecule has 2 N–H and O–H groups in total. The molecule has 2 rings (SSSR count). The van der Waals surface area contributed by atoms with E-state index in [0.717, 1.165) is 17.1 Å². The van der Waals surface area contributed by atoms with Gasteiger partial charge in [0.05, 0.1) is 5.69 Å². The lowest BCUT2D eigenvalue weighted by Crippen LogP contribution is -2.25. The number of carbonyl (C=O) groups excluding carboxylic acids is 1. The molecule has 0 aliphatic rings. The second kappa shape index (κ2) is 8.23. The molecule has 0 fully saturated rings. The first-order chi connectivity index (χ1) is 11.1. The molecule has 7 nitrogen and oxygen atoms in total. The molecule has 0 spiro atoms. The summed E-state index contributed by atoms with van der Waals surface area (Å²) < 4.78 is 8.85. The van der Waals surface area contributed by atoms with Gasteiger partial charge in [0.2, 0.25) is 0 Å². The van der Waals surface area contributed by atoms with Crippen LogP contribution in [0.15, 0.2) is 24.3 Å². The van der Waals surface area contributed by atoms with Crippen molar-refractivity contribution in [2.75, 3.05) is 13.2 Å². The number of carboxylic acid groups (broad SMARTS) is 1. The lowest BCUT2D eigenvalue weighted by Gasteiger charge is -2.06. The number of hydrogen-bond donors (Lipinski definition) is 2. The third-order valence-electron chi connectivity index (χ3n) is 3.08. The SMILES string of the molecule is CCc1nnsc1C(=O)NCCc1ccc(OCC(=O)O)cc1. The van der Waals surface area contributed by atoms with Crippen molar-refractivity contribution in [2.24, 2.45) is 0 Å². The van der Waals surface area contributed by atoms with E-state index in [1.54, 1.807) is 12.1 Å². The zero-order chi connectivity index (χ0) is 16.7. The lowest BCUT2D eigenvalue weighted by atomic mass is 10.1. The number of ether oxygens (including phenoxy) is 1. The van der Waals surface area contributed by atoms with Crippen molar-refractivity contribution >= 4 is 23.4 Å². The minimum atomic E-state index is -1.01. The molecule has 0 bridgehead atoms. The Morgan fingerprint density at radius 2 is 2.04 bits per heavy atom. The van der Waals surface area contributed by atoms with Gasteiger partial charge < -0.3 is 15.2 Å². The molecular formula is C15H17N3O4S. The summed E-state index contributed by atoms with van der Waals surface area (Å²) in [5.74, 6) is -0.664. The van der Waals surface area contributed by atoms with Crippen molar-refractivity contribution in [3.8, 4) is 5.75 Å². The summed E-state index contributed by atoms with van der Waals surface area (Å²) in [6.07, 6.45) is 1.34. The van der Waals surface area contributed by atoms with Crippen LogP contribution in [0.4, 0.5) is 0 Å². The number of aryl methyl sites for hydroxylation is 1. The third kappa shape index (κ3) is 5.03. The zero-order valence-corrected chi connectivity index (χ0v) is 13.4. The van der Waals surface area contributed by atoms with Crippen LogP contribution in [0.2, 0.25) is 0 Å². The van der Waals surface area contributed by atoms with E-state index < -0.39 is 5.97 Å². The largest absolute Gasteiger partial charge is 0.482 e. The molecule has 0 saturated carbocycles. The van der Waals surface area contributed by atoms with Gasteiger partial charge in [-0.3, -0.25) is 4.79 Å². The molecule has 122 valence electrons. The van der Waals surface area contributed by atoms with Crippen LogP contribution in [0.1, 0.15) is 27.9 Å². The van der Waals surface area contributed by atoms with Crippen molar-refractivity contribution in [3.05, 3.63) is 40.4 Å². The first-order valence-corrected chi connectivity index (χ1v) is 7.90. The van der Waals surface area contributed by atoms with Crippen molar-refractivity contribution in [3.63, 3.8) is 0 Å². The van der Waals surface area contributed by atoms with E-state index >= 15 is 0 Å². The van der Waals surface area contributed by atoms with E-state index in [1.807, 2.05) is 19.1 Å². The maximum atomic E-state index is 12.0. The fourth-order valence-corrected chi connectivity index (χ4v) is 2.58. The van der Waals surface area contributed by atoms with Gasteiger partial charge in [-0.05, 0) is 42.1 Å². The number of carboxylic acids is 1. The average Bonchev–Trinajstić information content (AvgIpc) is 3.02. The number of nitrogens with zero attached hydrogens (tertiary/aromatic N) is 2. The first kappa shape index (κ1) is 16.9. The number of carbonyl (C=O) groups is 2. The number of nitrogens with one attached hydrogen (secondary N) is 1. The van der Waals surface area contributed by atoms with Gasteiger partial charge in [0.25, 0.3) is 5.91 Å². The van der Waals surface area contributed by atoms with Crippen LogP contribution in [0.3, 0.4) is 0 Å². The van der Waals surface area contributed by atoms with Crippen LogP contribution in [-0.4, -0.2) is 39.7 Å². The normalized spacial score (nSPS) is 10.3. The molecule has 0 radical (unpaired) electrons. The summed E-state index contributed by atoms with van der Waals surface area (Å²) in [5, 5.41) is 15.3. The van der Waals surface area contributed by atoms with Crippen molar-refractivity contribution < 1.29 is 19.4 Å². The Morgan fingerprint density at radius 1 is 1.30 bits per heavy atom. The highest BCUT2D eigenvalue weighted by atomic mass is 32.1. The van der Waals surface area contributed by atoms with E-state index in [4.69, 9.17) is 9.84 Å². The molecular weight excluding hydrogens is 318 g/mol. The summed E-state index contributed by atoms with van der Waals surface area (Å²) in [6, 6.07) is 7.11. The van der Waals surface area contributed by atoms with E-state index in [2.05, 4.69) is 14.9 Å². The van der Waals surface area contributed by atoms with Gasteiger partial charge in [-0.2, -0.15) is 0 Å². The number of aliphatic carboxylic acids is 1. The molecule has 0 saturated heterocycles. The molecule has 0 atom stereocenters. The third-order valence-corrected chi connectivity index (χ3v) is 3.85. The van der Waals surface area contributed by atoms with E-state index in [-0.39, 0.29) is 12.5 Å². The second-order valence-corrected chi connectivity index (χ2v) is 5.49. The number of benzene rings is 1. The number of hydrogen-bond acceptors (Lipinski definition) is 6. The van der Waals surface area contributed by atoms with Gasteiger partial charge in [0.15, 0.2) is 6.61 Å². The molecule has 1 amide bonds. The fraction of sp³-hybridized carbons (Fsp3) is 0.333. The minimum absolute atomic E-state index is 0.154. The van der Waals surface area contributed by atoms with Gasteiger partial charge in [0.1, 0.15) is 10.6 Å². The minimum Gasteiger partial charge on any atom is -0.482 e. The molecule has 8 heteroatoms. The van der Waals surface area contributed by atoms with Crippen molar-refractivity contribution in [1.82, 2.24) is 14.9 Å². The van der Waals surface area contributed by atoms with Crippen LogP contribution in [0, 0.1) is 0 Å². The fourth-order valence-electron chi connectivity index (χ4n) is 1.91. The first-order valence-electron chi connectivity index (χ1n) is 7.13. The molecule has 23 heavy (non-hydrogen) atoms. The van der Waals surface area contributed by atoms with E-state index in [0.29, 0.717) is 35.7 Å². The monoisotopic (exact) mass is 335 g/mol. The van der Waals surface area contributed by atoms with E-state index in [9.17, 15) is 9.59 Å². The molecule has 2 aromatic rings. The van der Waals surface area contributed by atoms with Crippen LogP contribution < -0.4 is 10.1 Å². The number of amides is 1. The molecule has 1 aromatic carbocycles. The Bertz CT molecular complexity index is 670. The predicted molar refractivity (Wildman–Crippen MR) is 84.9 cm³/mol. The molecule has 0 aliphatic carbocycles. The Balaban J connectivity index is 1.80. The quantitative estimate of drug-likeness (QED) is 0.759. The predicted octanol–water partition coefficient (Wildman–Crippen LogP) is 1.54. The summed E-state index contributed by atoms with van der Waals surface area (Å²) in [7, 11) is 0. The molecule has 0 unspecified atom stereocenters. The van der Waals surface area contributed by atoms with Gasteiger partial charge in [-0.25, -0.2) is 4.79 Å². The summed E-state index contributed by atoms with van der Waals surface area (Å²) >= 11 is 1.10. The second-order valence-electron chi connectivity index (χ2n) is 4.73. The van der Waals surface area contributed by atoms with Gasteiger partial charge >= 0.3 is 5.97 Å². The Hall–Kier alpha value is -2.48. The highest BCUT2D eigenvalue weighted by Gasteiger charge is 2.14. The van der Waals surface area contributed by atoms with Crippen molar-refractivity contribution in [2.45, 2.75) is 19.8 Å². The summed E-state index contributed by atoms with van der Waals surface area (Å²) in [4.78, 5) is 23.0. The van der Waals surface area contributed by atoms with Crippen LogP contribution in [0.5, 0.6) is 5.75 Å². The van der Waals surface area contributed by atoms with Crippen LogP contribution in [0.25, 0.3) is 0 Å². The standard InChI is InChI=1S/C15H17N3O4S/c1-2-12-14(23-18-17-12)15(21)16-8-7-10-3-5-11(6-4-10)22-9-13(19)20/h3-6H,2,7-9H2,1H3,(H,16,21)(H,19,20). The van der Waals surface area contributed by atoms with Crippen LogP contribution >= 0.6 is 11.5 Å². The Kier molecular flexibility index (Phi) is 6.04. The van der Waals surface area contributed by atoms with Crippen molar-refractivity contribution in [1.29, 1.82) is 0 Å². The molecule has 0 aliphatic heterocycles. The molecule has 1 heterocycles. The highest BCUT2D eigenvalue weighted by molar-refractivity contribution is 7.08. The average molecular weight is 335 g/mol. The zero-order valence-electron chi connectivity index (χ0n) is 12.6. The maximum Gasteiger partial charge on any atom is 0.341 e. The lowest BCUT2D eigenvalue weighted by molar-refractivity contribution is -0.139. The van der Waals surface area contributed by atoms with E-state index in [1.165, 1.54) is 0 Å². The highest BCUT2D eigenvalue weighted by Crippen LogP contribution is 2.13. The van der Waals surface area contributed by atoms with Gasteiger partial charge in [0, 0.05) is 6.54 Å². The number of rotatable bonds is 8.